The number of hydrogen-bond donors (Lipinski definition) is 0. The van der Waals surface area contributed by atoms with Gasteiger partial charge in [0.25, 0.3) is 0 Å². The zero-order valence-electron chi connectivity index (χ0n) is 16.3. The van der Waals surface area contributed by atoms with Crippen LogP contribution < -0.4 is 0 Å². The number of ether oxygens (including phenoxy) is 2. The highest BCUT2D eigenvalue weighted by Gasteiger charge is 2.32. The summed E-state index contributed by atoms with van der Waals surface area (Å²) in [6.07, 6.45) is 4.25. The molecule has 1 saturated heterocycles. The first-order valence-corrected chi connectivity index (χ1v) is 10.6. The van der Waals surface area contributed by atoms with Crippen molar-refractivity contribution in [3.05, 3.63) is 58.6 Å². The third-order valence-electron chi connectivity index (χ3n) is 6.00. The number of carbonyl (C=O) groups excluding carboxylic acids is 1. The Morgan fingerprint density at radius 3 is 2.43 bits per heavy atom. The highest BCUT2D eigenvalue weighted by molar-refractivity contribution is 6.30. The van der Waals surface area contributed by atoms with Crippen LogP contribution in [-0.2, 0) is 14.3 Å². The molecule has 3 nitrogen and oxygen atoms in total. The molecule has 1 heterocycles. The van der Waals surface area contributed by atoms with Crippen molar-refractivity contribution in [2.75, 3.05) is 13.2 Å². The molecule has 0 spiro atoms. The Kier molecular flexibility index (Phi) is 6.15. The number of hydrogen-bond acceptors (Lipinski definition) is 3. The van der Waals surface area contributed by atoms with Gasteiger partial charge >= 0.3 is 0 Å². The summed E-state index contributed by atoms with van der Waals surface area (Å²) in [5.74, 6) is 0.715. The van der Waals surface area contributed by atoms with Crippen molar-refractivity contribution in [2.24, 2.45) is 5.92 Å². The molecule has 0 aromatic heterocycles. The fourth-order valence-electron chi connectivity index (χ4n) is 4.40. The minimum Gasteiger partial charge on any atom is -0.353 e. The number of benzene rings is 2. The van der Waals surface area contributed by atoms with E-state index in [9.17, 15) is 4.79 Å². The number of ketones is 1. The topological polar surface area (TPSA) is 35.5 Å². The van der Waals surface area contributed by atoms with Gasteiger partial charge in [0.2, 0.25) is 0 Å². The summed E-state index contributed by atoms with van der Waals surface area (Å²) in [4.78, 5) is 13.0. The zero-order chi connectivity index (χ0) is 19.5. The molecule has 1 saturated carbocycles. The van der Waals surface area contributed by atoms with Crippen LogP contribution in [0.2, 0.25) is 5.02 Å². The summed E-state index contributed by atoms with van der Waals surface area (Å²) in [5.41, 5.74) is 4.61. The highest BCUT2D eigenvalue weighted by atomic mass is 35.5. The second-order valence-electron chi connectivity index (χ2n) is 8.01. The van der Waals surface area contributed by atoms with E-state index in [2.05, 4.69) is 25.1 Å². The Morgan fingerprint density at radius 2 is 1.71 bits per heavy atom. The quantitative estimate of drug-likeness (QED) is 0.641. The molecule has 0 N–H and O–H groups in total. The summed E-state index contributed by atoms with van der Waals surface area (Å²) in [6, 6.07) is 14.3. The van der Waals surface area contributed by atoms with E-state index < -0.39 is 0 Å². The Morgan fingerprint density at radius 1 is 1.00 bits per heavy atom. The molecule has 2 aromatic rings. The third-order valence-corrected chi connectivity index (χ3v) is 6.25. The normalized spacial score (nSPS) is 23.7. The van der Waals surface area contributed by atoms with Crippen LogP contribution in [0.3, 0.4) is 0 Å². The molecule has 2 fully saturated rings. The zero-order valence-corrected chi connectivity index (χ0v) is 17.1. The van der Waals surface area contributed by atoms with Crippen LogP contribution in [0.5, 0.6) is 0 Å². The van der Waals surface area contributed by atoms with Crippen molar-refractivity contribution in [1.29, 1.82) is 0 Å². The van der Waals surface area contributed by atoms with E-state index in [1.165, 1.54) is 11.1 Å². The monoisotopic (exact) mass is 398 g/mol. The van der Waals surface area contributed by atoms with E-state index >= 15 is 0 Å². The van der Waals surface area contributed by atoms with Crippen LogP contribution in [0.25, 0.3) is 11.1 Å². The van der Waals surface area contributed by atoms with Gasteiger partial charge in [-0.3, -0.25) is 4.79 Å². The Labute approximate surface area is 172 Å². The molecule has 28 heavy (non-hydrogen) atoms. The summed E-state index contributed by atoms with van der Waals surface area (Å²) in [7, 11) is 0. The number of halogens is 1. The smallest absolute Gasteiger partial charge is 0.157 e. The van der Waals surface area contributed by atoms with Crippen molar-refractivity contribution in [2.45, 2.75) is 51.2 Å². The van der Waals surface area contributed by atoms with E-state index in [-0.39, 0.29) is 12.2 Å². The molecule has 148 valence electrons. The average Bonchev–Trinajstić information content (AvgIpc) is 2.70. The predicted molar refractivity (Wildman–Crippen MR) is 112 cm³/mol. The molecular weight excluding hydrogens is 372 g/mol. The number of aryl methyl sites for hydroxylation is 1. The van der Waals surface area contributed by atoms with Crippen molar-refractivity contribution < 1.29 is 14.3 Å². The minimum absolute atomic E-state index is 0.00306. The first kappa shape index (κ1) is 19.6. The molecule has 4 rings (SSSR count). The van der Waals surface area contributed by atoms with Crippen LogP contribution in [0.4, 0.5) is 0 Å². The molecule has 0 amide bonds. The van der Waals surface area contributed by atoms with Crippen molar-refractivity contribution in [3.8, 4) is 11.1 Å². The van der Waals surface area contributed by atoms with Crippen molar-refractivity contribution in [1.82, 2.24) is 0 Å². The predicted octanol–water partition coefficient (Wildman–Crippen LogP) is 5.92. The number of Topliss-reactive ketones (excluding diaryl/α,β-unsaturated/α-hetero) is 1. The Hall–Kier alpha value is -1.68. The molecule has 0 radical (unpaired) electrons. The van der Waals surface area contributed by atoms with Gasteiger partial charge in [-0.2, -0.15) is 0 Å². The van der Waals surface area contributed by atoms with Gasteiger partial charge in [0.05, 0.1) is 13.2 Å². The van der Waals surface area contributed by atoms with Gasteiger partial charge in [-0.1, -0.05) is 41.9 Å². The minimum atomic E-state index is -0.127. The fraction of sp³-hybridized carbons (Fsp3) is 0.458. The van der Waals surface area contributed by atoms with Gasteiger partial charge in [0.1, 0.15) is 5.78 Å². The first-order chi connectivity index (χ1) is 13.6. The molecule has 4 heteroatoms. The molecular formula is C24H27ClO3. The third kappa shape index (κ3) is 4.48. The maximum atomic E-state index is 13.0. The van der Waals surface area contributed by atoms with Crippen LogP contribution >= 0.6 is 11.6 Å². The van der Waals surface area contributed by atoms with Gasteiger partial charge in [-0.25, -0.2) is 0 Å². The molecule has 1 aliphatic carbocycles. The average molecular weight is 399 g/mol. The van der Waals surface area contributed by atoms with E-state index in [0.717, 1.165) is 55.0 Å². The molecule has 2 aliphatic rings. The lowest BCUT2D eigenvalue weighted by atomic mass is 9.75. The van der Waals surface area contributed by atoms with Crippen LogP contribution in [0.15, 0.2) is 42.5 Å². The summed E-state index contributed by atoms with van der Waals surface area (Å²) >= 11 is 6.02. The maximum Gasteiger partial charge on any atom is 0.157 e. The summed E-state index contributed by atoms with van der Waals surface area (Å²) in [6.45, 7) is 3.64. The summed E-state index contributed by atoms with van der Waals surface area (Å²) in [5, 5.41) is 0.732. The van der Waals surface area contributed by atoms with Crippen LogP contribution in [0.1, 0.15) is 49.1 Å². The lowest BCUT2D eigenvalue weighted by Crippen LogP contribution is -2.31. The first-order valence-electron chi connectivity index (χ1n) is 10.2. The summed E-state index contributed by atoms with van der Waals surface area (Å²) < 4.78 is 11.4. The molecule has 2 atom stereocenters. The molecule has 0 bridgehead atoms. The van der Waals surface area contributed by atoms with Gasteiger partial charge in [-0.05, 0) is 66.5 Å². The number of carbonyl (C=O) groups is 1. The van der Waals surface area contributed by atoms with Gasteiger partial charge < -0.3 is 9.47 Å². The lowest BCUT2D eigenvalue weighted by Gasteiger charge is -2.32. The standard InChI is InChI=1S/C24H27ClO3/c1-16-3-5-19(18-6-8-20(25)9-7-18)15-22(16)21-10-4-17(13-23(21)26)14-24-27-11-2-12-28-24/h3,5-9,15,17,21,24H,2,4,10-14H2,1H3. The van der Waals surface area contributed by atoms with E-state index in [1.54, 1.807) is 0 Å². The largest absolute Gasteiger partial charge is 0.353 e. The van der Waals surface area contributed by atoms with E-state index in [0.29, 0.717) is 18.1 Å². The number of rotatable bonds is 4. The van der Waals surface area contributed by atoms with Gasteiger partial charge in [-0.15, -0.1) is 0 Å². The molecule has 1 aliphatic heterocycles. The van der Waals surface area contributed by atoms with Gasteiger partial charge in [0, 0.05) is 23.8 Å². The Balaban J connectivity index is 1.47. The second-order valence-corrected chi connectivity index (χ2v) is 8.44. The molecule has 2 unspecified atom stereocenters. The van der Waals surface area contributed by atoms with Gasteiger partial charge in [0.15, 0.2) is 6.29 Å². The lowest BCUT2D eigenvalue weighted by molar-refractivity contribution is -0.187. The van der Waals surface area contributed by atoms with E-state index in [4.69, 9.17) is 21.1 Å². The SMILES string of the molecule is Cc1ccc(-c2ccc(Cl)cc2)cc1C1CCC(CC2OCCCO2)CC1=O. The van der Waals surface area contributed by atoms with E-state index in [1.807, 2.05) is 24.3 Å². The maximum absolute atomic E-state index is 13.0. The Bertz CT molecular complexity index is 824. The van der Waals surface area contributed by atoms with Crippen molar-refractivity contribution in [3.63, 3.8) is 0 Å². The van der Waals surface area contributed by atoms with Crippen molar-refractivity contribution >= 4 is 17.4 Å². The second kappa shape index (κ2) is 8.77. The van der Waals surface area contributed by atoms with Crippen LogP contribution in [0, 0.1) is 12.8 Å². The highest BCUT2D eigenvalue weighted by Crippen LogP contribution is 2.38. The molecule has 2 aromatic carbocycles. The van der Waals surface area contributed by atoms with Crippen LogP contribution in [-0.4, -0.2) is 25.3 Å². The fourth-order valence-corrected chi connectivity index (χ4v) is 4.53.